The van der Waals surface area contributed by atoms with Crippen molar-refractivity contribution < 1.29 is 14.7 Å². The SMILES string of the molecule is Cc1cc(C)n(CC(=O)NCC(CC(C)(C)C)C(=O)O)n1. The Hall–Kier alpha value is -1.85. The van der Waals surface area contributed by atoms with Crippen molar-refractivity contribution in [3.8, 4) is 0 Å². The van der Waals surface area contributed by atoms with Crippen LogP contribution in [0.15, 0.2) is 6.07 Å². The predicted molar refractivity (Wildman–Crippen MR) is 79.9 cm³/mol. The van der Waals surface area contributed by atoms with E-state index in [9.17, 15) is 14.7 Å². The van der Waals surface area contributed by atoms with Crippen LogP contribution in [0.4, 0.5) is 0 Å². The van der Waals surface area contributed by atoms with Gasteiger partial charge in [-0.1, -0.05) is 20.8 Å². The Labute approximate surface area is 125 Å². The summed E-state index contributed by atoms with van der Waals surface area (Å²) in [6.45, 7) is 9.96. The van der Waals surface area contributed by atoms with Crippen LogP contribution in [0.25, 0.3) is 0 Å². The monoisotopic (exact) mass is 295 g/mol. The molecule has 1 heterocycles. The molecule has 21 heavy (non-hydrogen) atoms. The van der Waals surface area contributed by atoms with E-state index in [4.69, 9.17) is 0 Å². The number of carboxylic acids is 1. The summed E-state index contributed by atoms with van der Waals surface area (Å²) >= 11 is 0. The number of aromatic nitrogens is 2. The van der Waals surface area contributed by atoms with E-state index in [0.717, 1.165) is 11.4 Å². The number of rotatable bonds is 6. The van der Waals surface area contributed by atoms with Crippen molar-refractivity contribution in [1.29, 1.82) is 0 Å². The second-order valence-corrected chi connectivity index (χ2v) is 6.69. The Morgan fingerprint density at radius 1 is 1.38 bits per heavy atom. The quantitative estimate of drug-likeness (QED) is 0.837. The number of hydrogen-bond acceptors (Lipinski definition) is 3. The van der Waals surface area contributed by atoms with Crippen molar-refractivity contribution in [3.05, 3.63) is 17.5 Å². The summed E-state index contributed by atoms with van der Waals surface area (Å²) in [5.41, 5.74) is 1.67. The minimum absolute atomic E-state index is 0.0938. The summed E-state index contributed by atoms with van der Waals surface area (Å²) in [7, 11) is 0. The van der Waals surface area contributed by atoms with Gasteiger partial charge in [-0.2, -0.15) is 5.10 Å². The standard InChI is InChI=1S/C15H25N3O3/c1-10-6-11(2)18(17-10)9-13(19)16-8-12(14(20)21)7-15(3,4)5/h6,12H,7-9H2,1-5H3,(H,16,19)(H,20,21). The average Bonchev–Trinajstić information content (AvgIpc) is 2.61. The predicted octanol–water partition coefficient (Wildman–Crippen LogP) is 1.75. The zero-order valence-electron chi connectivity index (χ0n) is 13.4. The number of aliphatic carboxylic acids is 1. The van der Waals surface area contributed by atoms with Crippen LogP contribution >= 0.6 is 0 Å². The van der Waals surface area contributed by atoms with E-state index in [2.05, 4.69) is 10.4 Å². The molecule has 6 nitrogen and oxygen atoms in total. The van der Waals surface area contributed by atoms with E-state index in [1.807, 2.05) is 40.7 Å². The van der Waals surface area contributed by atoms with Crippen molar-refractivity contribution in [2.75, 3.05) is 6.54 Å². The van der Waals surface area contributed by atoms with Crippen molar-refractivity contribution in [2.45, 2.75) is 47.6 Å². The molecule has 0 bridgehead atoms. The fraction of sp³-hybridized carbons (Fsp3) is 0.667. The van der Waals surface area contributed by atoms with Crippen LogP contribution in [0.5, 0.6) is 0 Å². The maximum Gasteiger partial charge on any atom is 0.308 e. The molecule has 6 heteroatoms. The molecule has 0 spiro atoms. The highest BCUT2D eigenvalue weighted by atomic mass is 16.4. The minimum atomic E-state index is -0.878. The number of carbonyl (C=O) groups excluding carboxylic acids is 1. The molecule has 0 aliphatic heterocycles. The van der Waals surface area contributed by atoms with Gasteiger partial charge in [-0.25, -0.2) is 0 Å². The van der Waals surface area contributed by atoms with E-state index in [-0.39, 0.29) is 24.4 Å². The van der Waals surface area contributed by atoms with Gasteiger partial charge in [-0.05, 0) is 31.7 Å². The Kier molecular flexibility index (Phi) is 5.52. The average molecular weight is 295 g/mol. The number of hydrogen-bond donors (Lipinski definition) is 2. The van der Waals surface area contributed by atoms with Crippen molar-refractivity contribution in [3.63, 3.8) is 0 Å². The molecule has 0 saturated heterocycles. The summed E-state index contributed by atoms with van der Waals surface area (Å²) in [6, 6.07) is 1.90. The van der Waals surface area contributed by atoms with Crippen LogP contribution in [-0.4, -0.2) is 33.3 Å². The molecule has 0 fully saturated rings. The van der Waals surface area contributed by atoms with E-state index < -0.39 is 11.9 Å². The molecular weight excluding hydrogens is 270 g/mol. The fourth-order valence-electron chi connectivity index (χ4n) is 2.25. The van der Waals surface area contributed by atoms with Gasteiger partial charge in [0, 0.05) is 12.2 Å². The van der Waals surface area contributed by atoms with Crippen LogP contribution in [0.1, 0.15) is 38.6 Å². The summed E-state index contributed by atoms with van der Waals surface area (Å²) in [5, 5.41) is 16.1. The van der Waals surface area contributed by atoms with Crippen molar-refractivity contribution in [2.24, 2.45) is 11.3 Å². The summed E-state index contributed by atoms with van der Waals surface area (Å²) in [4.78, 5) is 23.1. The van der Waals surface area contributed by atoms with Crippen LogP contribution in [0.3, 0.4) is 0 Å². The number of nitrogens with one attached hydrogen (secondary N) is 1. The lowest BCUT2D eigenvalue weighted by Crippen LogP contribution is -2.36. The third-order valence-electron chi connectivity index (χ3n) is 3.15. The molecule has 2 N–H and O–H groups in total. The van der Waals surface area contributed by atoms with Gasteiger partial charge >= 0.3 is 5.97 Å². The third kappa shape index (κ3) is 5.97. The van der Waals surface area contributed by atoms with Gasteiger partial charge in [0.25, 0.3) is 0 Å². The van der Waals surface area contributed by atoms with E-state index in [0.29, 0.717) is 6.42 Å². The third-order valence-corrected chi connectivity index (χ3v) is 3.15. The smallest absolute Gasteiger partial charge is 0.308 e. The first kappa shape index (κ1) is 17.2. The maximum atomic E-state index is 11.9. The van der Waals surface area contributed by atoms with Gasteiger partial charge in [-0.3, -0.25) is 14.3 Å². The number of nitrogens with zero attached hydrogens (tertiary/aromatic N) is 2. The normalized spacial score (nSPS) is 13.0. The minimum Gasteiger partial charge on any atom is -0.481 e. The van der Waals surface area contributed by atoms with Crippen LogP contribution in [-0.2, 0) is 16.1 Å². The first-order chi connectivity index (χ1) is 9.58. The first-order valence-corrected chi connectivity index (χ1v) is 7.09. The second kappa shape index (κ2) is 6.74. The van der Waals surface area contributed by atoms with Crippen LogP contribution < -0.4 is 5.32 Å². The molecule has 1 atom stereocenters. The van der Waals surface area contributed by atoms with Gasteiger partial charge < -0.3 is 10.4 Å². The number of carboxylic acid groups (broad SMARTS) is 1. The van der Waals surface area contributed by atoms with Gasteiger partial charge in [0.2, 0.25) is 5.91 Å². The lowest BCUT2D eigenvalue weighted by atomic mass is 9.84. The molecule has 0 aliphatic carbocycles. The summed E-state index contributed by atoms with van der Waals surface area (Å²) < 4.78 is 1.62. The van der Waals surface area contributed by atoms with Gasteiger partial charge in [0.15, 0.2) is 0 Å². The molecule has 1 rings (SSSR count). The zero-order valence-corrected chi connectivity index (χ0v) is 13.4. The lowest BCUT2D eigenvalue weighted by molar-refractivity contribution is -0.142. The summed E-state index contributed by atoms with van der Waals surface area (Å²) in [6.07, 6.45) is 0.516. The highest BCUT2D eigenvalue weighted by molar-refractivity contribution is 5.77. The topological polar surface area (TPSA) is 84.2 Å². The van der Waals surface area contributed by atoms with E-state index >= 15 is 0 Å². The van der Waals surface area contributed by atoms with E-state index in [1.165, 1.54) is 0 Å². The fourth-order valence-corrected chi connectivity index (χ4v) is 2.25. The van der Waals surface area contributed by atoms with Crippen LogP contribution in [0.2, 0.25) is 0 Å². The Morgan fingerprint density at radius 2 is 2.00 bits per heavy atom. The largest absolute Gasteiger partial charge is 0.481 e. The summed E-state index contributed by atoms with van der Waals surface area (Å²) in [5.74, 6) is -1.67. The maximum absolute atomic E-state index is 11.9. The molecule has 0 aromatic carbocycles. The molecule has 1 unspecified atom stereocenters. The molecule has 1 aromatic heterocycles. The molecular formula is C15H25N3O3. The van der Waals surface area contributed by atoms with Gasteiger partial charge in [0.1, 0.15) is 6.54 Å². The first-order valence-electron chi connectivity index (χ1n) is 7.09. The second-order valence-electron chi connectivity index (χ2n) is 6.69. The molecule has 0 radical (unpaired) electrons. The Balaban J connectivity index is 2.54. The molecule has 0 saturated carbocycles. The van der Waals surface area contributed by atoms with E-state index in [1.54, 1.807) is 4.68 Å². The molecule has 1 aromatic rings. The molecule has 118 valence electrons. The number of aryl methyl sites for hydroxylation is 2. The lowest BCUT2D eigenvalue weighted by Gasteiger charge is -2.23. The molecule has 1 amide bonds. The highest BCUT2D eigenvalue weighted by Crippen LogP contribution is 2.24. The number of amides is 1. The van der Waals surface area contributed by atoms with Gasteiger partial charge in [-0.15, -0.1) is 0 Å². The molecule has 0 aliphatic rings. The van der Waals surface area contributed by atoms with Crippen LogP contribution in [0, 0.1) is 25.2 Å². The zero-order chi connectivity index (χ0) is 16.2. The van der Waals surface area contributed by atoms with Gasteiger partial charge in [0.05, 0.1) is 11.6 Å². The highest BCUT2D eigenvalue weighted by Gasteiger charge is 2.25. The Bertz CT molecular complexity index is 515. The van der Waals surface area contributed by atoms with Crippen molar-refractivity contribution >= 4 is 11.9 Å². The Morgan fingerprint density at radius 3 is 2.43 bits per heavy atom. The number of carbonyl (C=O) groups is 2. The van der Waals surface area contributed by atoms with Crippen molar-refractivity contribution in [1.82, 2.24) is 15.1 Å².